The summed E-state index contributed by atoms with van der Waals surface area (Å²) in [5, 5.41) is 8.99. The Hall–Kier alpha value is -2.99. The number of likely N-dealkylation sites (N-methyl/N-ethyl adjacent to an activating group) is 1. The van der Waals surface area contributed by atoms with Crippen LogP contribution in [0, 0.1) is 11.8 Å². The number of ether oxygens (including phenoxy) is 1. The maximum atomic E-state index is 6.02. The van der Waals surface area contributed by atoms with Gasteiger partial charge in [0, 0.05) is 43.4 Å². The Morgan fingerprint density at radius 3 is 2.62 bits per heavy atom. The number of hydrogen-bond donors (Lipinski definition) is 0. The molecule has 0 amide bonds. The lowest BCUT2D eigenvalue weighted by molar-refractivity contribution is 0.173. The Labute approximate surface area is 171 Å². The fourth-order valence-electron chi connectivity index (χ4n) is 4.67. The second-order valence-electron chi connectivity index (χ2n) is 7.98. The highest BCUT2D eigenvalue weighted by molar-refractivity contribution is 5.59. The van der Waals surface area contributed by atoms with Gasteiger partial charge in [-0.2, -0.15) is 0 Å². The van der Waals surface area contributed by atoms with Gasteiger partial charge in [-0.25, -0.2) is 0 Å². The van der Waals surface area contributed by atoms with Gasteiger partial charge in [-0.15, -0.1) is 10.2 Å². The molecule has 0 aliphatic carbocycles. The molecule has 0 radical (unpaired) electrons. The van der Waals surface area contributed by atoms with E-state index in [0.29, 0.717) is 24.5 Å². The van der Waals surface area contributed by atoms with E-state index in [1.54, 1.807) is 12.4 Å². The number of fused-ring (bicyclic) bond motifs is 1. The van der Waals surface area contributed by atoms with Gasteiger partial charge >= 0.3 is 0 Å². The zero-order valence-electron chi connectivity index (χ0n) is 16.6. The molecule has 0 saturated carbocycles. The number of pyridine rings is 1. The van der Waals surface area contributed by atoms with Crippen molar-refractivity contribution in [1.82, 2.24) is 20.1 Å². The normalized spacial score (nSPS) is 23.9. The highest BCUT2D eigenvalue weighted by atomic mass is 16.5. The lowest BCUT2D eigenvalue weighted by Gasteiger charge is -2.26. The van der Waals surface area contributed by atoms with E-state index in [1.807, 2.05) is 30.3 Å². The van der Waals surface area contributed by atoms with Gasteiger partial charge in [-0.05, 0) is 37.2 Å². The van der Waals surface area contributed by atoms with Crippen LogP contribution in [0.2, 0.25) is 0 Å². The third-order valence-electron chi connectivity index (χ3n) is 6.17. The number of rotatable bonds is 5. The largest absolute Gasteiger partial charge is 0.490 e. The molecule has 0 N–H and O–H groups in total. The van der Waals surface area contributed by atoms with Gasteiger partial charge < -0.3 is 9.64 Å². The molecule has 6 heteroatoms. The minimum Gasteiger partial charge on any atom is -0.490 e. The highest BCUT2D eigenvalue weighted by Gasteiger charge is 2.46. The van der Waals surface area contributed by atoms with Crippen molar-refractivity contribution >= 4 is 5.82 Å². The van der Waals surface area contributed by atoms with Gasteiger partial charge in [-0.3, -0.25) is 9.88 Å². The Morgan fingerprint density at radius 2 is 1.86 bits per heavy atom. The van der Waals surface area contributed by atoms with E-state index in [9.17, 15) is 0 Å². The SMILES string of the molecule is CN1C[C@@H]2CN(c3ccc(-c4ccccc4)nn3)C[C@@H]2[C@@H]1COc1cccnc1. The van der Waals surface area contributed by atoms with Crippen molar-refractivity contribution in [3.05, 3.63) is 67.0 Å². The van der Waals surface area contributed by atoms with Crippen molar-refractivity contribution < 1.29 is 4.74 Å². The predicted octanol–water partition coefficient (Wildman–Crippen LogP) is 2.98. The Balaban J connectivity index is 1.25. The maximum absolute atomic E-state index is 6.02. The smallest absolute Gasteiger partial charge is 0.151 e. The number of benzene rings is 1. The minimum atomic E-state index is 0.404. The second kappa shape index (κ2) is 7.79. The van der Waals surface area contributed by atoms with Gasteiger partial charge in [0.2, 0.25) is 0 Å². The number of hydrogen-bond acceptors (Lipinski definition) is 6. The molecule has 2 aliphatic heterocycles. The standard InChI is InChI=1S/C23H25N5O/c1-27-13-18-14-28(15-20(18)22(27)16-29-19-8-5-11-24-12-19)23-10-9-21(25-26-23)17-6-3-2-4-7-17/h2-12,18,20,22H,13-16H2,1H3/t18-,20+,22+/m1/s1. The average molecular weight is 387 g/mol. The van der Waals surface area contributed by atoms with Crippen molar-refractivity contribution in [1.29, 1.82) is 0 Å². The van der Waals surface area contributed by atoms with Crippen LogP contribution in [-0.2, 0) is 0 Å². The van der Waals surface area contributed by atoms with Crippen LogP contribution in [0.4, 0.5) is 5.82 Å². The maximum Gasteiger partial charge on any atom is 0.151 e. The van der Waals surface area contributed by atoms with Gasteiger partial charge in [0.25, 0.3) is 0 Å². The molecule has 0 bridgehead atoms. The highest BCUT2D eigenvalue weighted by Crippen LogP contribution is 2.37. The molecular weight excluding hydrogens is 362 g/mol. The van der Waals surface area contributed by atoms with Crippen LogP contribution in [0.1, 0.15) is 0 Å². The molecule has 2 saturated heterocycles. The van der Waals surface area contributed by atoms with Crippen molar-refractivity contribution in [2.24, 2.45) is 11.8 Å². The van der Waals surface area contributed by atoms with Crippen LogP contribution >= 0.6 is 0 Å². The summed E-state index contributed by atoms with van der Waals surface area (Å²) in [6.45, 7) is 3.81. The quantitative estimate of drug-likeness (QED) is 0.671. The van der Waals surface area contributed by atoms with E-state index in [-0.39, 0.29) is 0 Å². The molecule has 2 aliphatic rings. The molecule has 2 fully saturated rings. The second-order valence-corrected chi connectivity index (χ2v) is 7.98. The molecule has 29 heavy (non-hydrogen) atoms. The summed E-state index contributed by atoms with van der Waals surface area (Å²) in [7, 11) is 2.20. The lowest BCUT2D eigenvalue weighted by atomic mass is 9.95. The molecule has 5 rings (SSSR count). The van der Waals surface area contributed by atoms with Crippen molar-refractivity contribution in [3.8, 4) is 17.0 Å². The van der Waals surface area contributed by atoms with Gasteiger partial charge in [-0.1, -0.05) is 30.3 Å². The zero-order valence-corrected chi connectivity index (χ0v) is 16.6. The molecule has 6 nitrogen and oxygen atoms in total. The summed E-state index contributed by atoms with van der Waals surface area (Å²) >= 11 is 0. The number of nitrogens with zero attached hydrogens (tertiary/aromatic N) is 5. The van der Waals surface area contributed by atoms with Crippen molar-refractivity contribution in [2.45, 2.75) is 6.04 Å². The predicted molar refractivity (Wildman–Crippen MR) is 113 cm³/mol. The molecule has 0 unspecified atom stereocenters. The first-order chi connectivity index (χ1) is 14.3. The molecular formula is C23H25N5O. The summed E-state index contributed by atoms with van der Waals surface area (Å²) in [5.41, 5.74) is 2.01. The summed E-state index contributed by atoms with van der Waals surface area (Å²) in [6.07, 6.45) is 3.54. The van der Waals surface area contributed by atoms with Crippen molar-refractivity contribution in [2.75, 3.05) is 38.2 Å². The fourth-order valence-corrected chi connectivity index (χ4v) is 4.67. The summed E-state index contributed by atoms with van der Waals surface area (Å²) in [6, 6.07) is 18.6. The molecule has 0 spiro atoms. The number of likely N-dealkylation sites (tertiary alicyclic amines) is 1. The average Bonchev–Trinajstić information content (AvgIpc) is 3.31. The number of anilines is 1. The Morgan fingerprint density at radius 1 is 0.966 bits per heavy atom. The van der Waals surface area contributed by atoms with E-state index < -0.39 is 0 Å². The third kappa shape index (κ3) is 3.68. The minimum absolute atomic E-state index is 0.404. The molecule has 148 valence electrons. The zero-order chi connectivity index (χ0) is 19.6. The lowest BCUT2D eigenvalue weighted by Crippen LogP contribution is -2.38. The van der Waals surface area contributed by atoms with E-state index in [2.05, 4.69) is 56.3 Å². The van der Waals surface area contributed by atoms with E-state index in [4.69, 9.17) is 4.74 Å². The third-order valence-corrected chi connectivity index (χ3v) is 6.17. The van der Waals surface area contributed by atoms with Crippen LogP contribution in [-0.4, -0.2) is 59.4 Å². The summed E-state index contributed by atoms with van der Waals surface area (Å²) < 4.78 is 6.02. The number of aromatic nitrogens is 3. The summed E-state index contributed by atoms with van der Waals surface area (Å²) in [5.74, 6) is 3.01. The Bertz CT molecular complexity index is 935. The first-order valence-electron chi connectivity index (χ1n) is 10.1. The van der Waals surface area contributed by atoms with Crippen LogP contribution in [0.25, 0.3) is 11.3 Å². The van der Waals surface area contributed by atoms with E-state index >= 15 is 0 Å². The fraction of sp³-hybridized carbons (Fsp3) is 0.348. The Kier molecular flexibility index (Phi) is 4.86. The summed E-state index contributed by atoms with van der Waals surface area (Å²) in [4.78, 5) is 8.95. The van der Waals surface area contributed by atoms with Crippen LogP contribution in [0.3, 0.4) is 0 Å². The van der Waals surface area contributed by atoms with Crippen LogP contribution in [0.5, 0.6) is 5.75 Å². The van der Waals surface area contributed by atoms with E-state index in [1.165, 1.54) is 0 Å². The molecule has 3 atom stereocenters. The van der Waals surface area contributed by atoms with E-state index in [0.717, 1.165) is 42.5 Å². The van der Waals surface area contributed by atoms with Crippen LogP contribution in [0.15, 0.2) is 67.0 Å². The topological polar surface area (TPSA) is 54.4 Å². The van der Waals surface area contributed by atoms with Crippen LogP contribution < -0.4 is 9.64 Å². The van der Waals surface area contributed by atoms with Gasteiger partial charge in [0.1, 0.15) is 12.4 Å². The van der Waals surface area contributed by atoms with Gasteiger partial charge in [0.05, 0.1) is 11.9 Å². The molecule has 2 aromatic heterocycles. The first kappa shape index (κ1) is 18.1. The monoisotopic (exact) mass is 387 g/mol. The molecule has 4 heterocycles. The molecule has 1 aromatic carbocycles. The van der Waals surface area contributed by atoms with Crippen molar-refractivity contribution in [3.63, 3.8) is 0 Å². The van der Waals surface area contributed by atoms with Gasteiger partial charge in [0.15, 0.2) is 5.82 Å². The molecule has 3 aromatic rings. The first-order valence-corrected chi connectivity index (χ1v) is 10.1.